The first-order valence-electron chi connectivity index (χ1n) is 8.39. The van der Waals surface area contributed by atoms with Crippen molar-refractivity contribution < 1.29 is 4.74 Å². The van der Waals surface area contributed by atoms with Crippen LogP contribution in [0.5, 0.6) is 0 Å². The third kappa shape index (κ3) is 6.24. The highest BCUT2D eigenvalue weighted by molar-refractivity contribution is 5.03. The van der Waals surface area contributed by atoms with Gasteiger partial charge in [0.05, 0.1) is 12.2 Å². The van der Waals surface area contributed by atoms with Crippen molar-refractivity contribution in [3.63, 3.8) is 0 Å². The zero-order chi connectivity index (χ0) is 14.8. The van der Waals surface area contributed by atoms with Crippen molar-refractivity contribution in [1.82, 2.24) is 5.32 Å². The van der Waals surface area contributed by atoms with Gasteiger partial charge in [0.15, 0.2) is 0 Å². The molecule has 0 heterocycles. The van der Waals surface area contributed by atoms with Crippen molar-refractivity contribution in [2.45, 2.75) is 83.8 Å². The fraction of sp³-hybridized carbons (Fsp3) is 0.941. The van der Waals surface area contributed by atoms with Gasteiger partial charge in [-0.2, -0.15) is 5.26 Å². The first-order chi connectivity index (χ1) is 9.61. The van der Waals surface area contributed by atoms with Crippen molar-refractivity contribution in [3.05, 3.63) is 0 Å². The number of hydrogen-bond acceptors (Lipinski definition) is 3. The van der Waals surface area contributed by atoms with Crippen LogP contribution in [0, 0.1) is 17.2 Å². The number of unbranched alkanes of at least 4 members (excludes halogenated alkanes) is 1. The van der Waals surface area contributed by atoms with E-state index in [1.165, 1.54) is 25.7 Å². The number of ether oxygens (including phenoxy) is 1. The number of nitrogens with one attached hydrogen (secondary N) is 1. The topological polar surface area (TPSA) is 45.0 Å². The molecule has 1 rings (SSSR count). The van der Waals surface area contributed by atoms with Crippen LogP contribution in [0.25, 0.3) is 0 Å². The molecule has 0 saturated heterocycles. The van der Waals surface area contributed by atoms with Gasteiger partial charge in [-0.3, -0.25) is 5.32 Å². The molecular weight excluding hydrogens is 248 g/mol. The maximum Gasteiger partial charge on any atom is 0.103 e. The normalized spacial score (nSPS) is 25.9. The molecule has 116 valence electrons. The van der Waals surface area contributed by atoms with Gasteiger partial charge in [-0.1, -0.05) is 26.7 Å². The van der Waals surface area contributed by atoms with Crippen molar-refractivity contribution in [1.29, 1.82) is 5.26 Å². The standard InChI is InChI=1S/C17H32N2O/c1-4-12-19-17(3,14-18)11-7-8-13-20-16-10-6-5-9-15(16)2/h15-16,19H,4-13H2,1-3H3. The molecule has 3 heteroatoms. The van der Waals surface area contributed by atoms with Crippen LogP contribution in [0.3, 0.4) is 0 Å². The van der Waals surface area contributed by atoms with Crippen LogP contribution in [-0.2, 0) is 4.74 Å². The Morgan fingerprint density at radius 2 is 2.05 bits per heavy atom. The second kappa shape index (κ2) is 9.37. The first kappa shape index (κ1) is 17.5. The molecule has 0 bridgehead atoms. The average molecular weight is 280 g/mol. The lowest BCUT2D eigenvalue weighted by Gasteiger charge is -2.29. The van der Waals surface area contributed by atoms with E-state index in [0.29, 0.717) is 6.10 Å². The van der Waals surface area contributed by atoms with Gasteiger partial charge >= 0.3 is 0 Å². The van der Waals surface area contributed by atoms with Crippen molar-refractivity contribution in [2.24, 2.45) is 5.92 Å². The van der Waals surface area contributed by atoms with Gasteiger partial charge in [0, 0.05) is 6.61 Å². The molecule has 1 aliphatic rings. The molecular formula is C17H32N2O. The predicted molar refractivity (Wildman–Crippen MR) is 83.5 cm³/mol. The number of nitriles is 1. The summed E-state index contributed by atoms with van der Waals surface area (Å²) in [6, 6.07) is 2.41. The zero-order valence-corrected chi connectivity index (χ0v) is 13.6. The fourth-order valence-electron chi connectivity index (χ4n) is 2.93. The summed E-state index contributed by atoms with van der Waals surface area (Å²) in [4.78, 5) is 0. The van der Waals surface area contributed by atoms with Gasteiger partial charge in [-0.25, -0.2) is 0 Å². The van der Waals surface area contributed by atoms with E-state index in [-0.39, 0.29) is 5.54 Å². The van der Waals surface area contributed by atoms with Crippen LogP contribution < -0.4 is 5.32 Å². The Morgan fingerprint density at radius 3 is 2.70 bits per heavy atom. The summed E-state index contributed by atoms with van der Waals surface area (Å²) in [6.07, 6.45) is 9.81. The molecule has 0 spiro atoms. The molecule has 1 saturated carbocycles. The fourth-order valence-corrected chi connectivity index (χ4v) is 2.93. The minimum atomic E-state index is -0.367. The van der Waals surface area contributed by atoms with E-state index in [1.807, 2.05) is 6.92 Å². The van der Waals surface area contributed by atoms with E-state index in [0.717, 1.165) is 44.8 Å². The molecule has 3 unspecified atom stereocenters. The monoisotopic (exact) mass is 280 g/mol. The minimum absolute atomic E-state index is 0.367. The molecule has 1 fully saturated rings. The lowest BCUT2D eigenvalue weighted by atomic mass is 9.88. The van der Waals surface area contributed by atoms with E-state index in [9.17, 15) is 5.26 Å². The van der Waals surface area contributed by atoms with Crippen molar-refractivity contribution in [3.8, 4) is 6.07 Å². The van der Waals surface area contributed by atoms with Gasteiger partial charge < -0.3 is 4.74 Å². The molecule has 0 radical (unpaired) electrons. The van der Waals surface area contributed by atoms with Crippen LogP contribution in [0.4, 0.5) is 0 Å². The minimum Gasteiger partial charge on any atom is -0.378 e. The Labute approximate surface area is 125 Å². The highest BCUT2D eigenvalue weighted by Crippen LogP contribution is 2.26. The lowest BCUT2D eigenvalue weighted by molar-refractivity contribution is -0.00682. The Morgan fingerprint density at radius 1 is 1.30 bits per heavy atom. The molecule has 20 heavy (non-hydrogen) atoms. The maximum absolute atomic E-state index is 9.26. The molecule has 1 N–H and O–H groups in total. The maximum atomic E-state index is 9.26. The second-order valence-electron chi connectivity index (χ2n) is 6.50. The third-order valence-corrected chi connectivity index (χ3v) is 4.45. The van der Waals surface area contributed by atoms with Crippen LogP contribution >= 0.6 is 0 Å². The molecule has 3 nitrogen and oxygen atoms in total. The smallest absolute Gasteiger partial charge is 0.103 e. The summed E-state index contributed by atoms with van der Waals surface area (Å²) in [5.74, 6) is 0.722. The molecule has 0 aliphatic heterocycles. The summed E-state index contributed by atoms with van der Waals surface area (Å²) in [6.45, 7) is 8.21. The Balaban J connectivity index is 2.13. The number of hydrogen-bond donors (Lipinski definition) is 1. The van der Waals surface area contributed by atoms with Gasteiger partial charge in [0.25, 0.3) is 0 Å². The van der Waals surface area contributed by atoms with Crippen molar-refractivity contribution in [2.75, 3.05) is 13.2 Å². The summed E-state index contributed by atoms with van der Waals surface area (Å²) >= 11 is 0. The molecule has 1 aliphatic carbocycles. The van der Waals surface area contributed by atoms with E-state index in [2.05, 4.69) is 25.2 Å². The first-order valence-corrected chi connectivity index (χ1v) is 8.39. The van der Waals surface area contributed by atoms with E-state index in [1.54, 1.807) is 0 Å². The molecule has 3 atom stereocenters. The van der Waals surface area contributed by atoms with Crippen molar-refractivity contribution >= 4 is 0 Å². The van der Waals surface area contributed by atoms with Crippen LogP contribution in [0.2, 0.25) is 0 Å². The van der Waals surface area contributed by atoms with Gasteiger partial charge in [0.2, 0.25) is 0 Å². The van der Waals surface area contributed by atoms with E-state index >= 15 is 0 Å². The average Bonchev–Trinajstić information content (AvgIpc) is 2.46. The van der Waals surface area contributed by atoms with Gasteiger partial charge in [-0.15, -0.1) is 0 Å². The summed E-state index contributed by atoms with van der Waals surface area (Å²) in [5, 5.41) is 12.6. The quantitative estimate of drug-likeness (QED) is 0.648. The summed E-state index contributed by atoms with van der Waals surface area (Å²) < 4.78 is 6.02. The Kier molecular flexibility index (Phi) is 8.18. The largest absolute Gasteiger partial charge is 0.378 e. The molecule has 0 aromatic rings. The lowest BCUT2D eigenvalue weighted by Crippen LogP contribution is -2.41. The third-order valence-electron chi connectivity index (χ3n) is 4.45. The highest BCUT2D eigenvalue weighted by Gasteiger charge is 2.23. The predicted octanol–water partition coefficient (Wildman–Crippen LogP) is 4.03. The summed E-state index contributed by atoms with van der Waals surface area (Å²) in [5.41, 5.74) is -0.367. The van der Waals surface area contributed by atoms with E-state index < -0.39 is 0 Å². The van der Waals surface area contributed by atoms with E-state index in [4.69, 9.17) is 4.74 Å². The molecule has 0 aromatic heterocycles. The molecule has 0 amide bonds. The zero-order valence-electron chi connectivity index (χ0n) is 13.6. The molecule has 0 aromatic carbocycles. The van der Waals surface area contributed by atoms with Crippen LogP contribution in [-0.4, -0.2) is 24.8 Å². The Hall–Kier alpha value is -0.590. The summed E-state index contributed by atoms with van der Waals surface area (Å²) in [7, 11) is 0. The Bertz CT molecular complexity index is 300. The van der Waals surface area contributed by atoms with Crippen LogP contribution in [0.15, 0.2) is 0 Å². The van der Waals surface area contributed by atoms with Gasteiger partial charge in [0.1, 0.15) is 5.54 Å². The number of rotatable bonds is 9. The SMILES string of the molecule is CCCNC(C)(C#N)CCCCOC1CCCCC1C. The van der Waals surface area contributed by atoms with Gasteiger partial charge in [-0.05, 0) is 57.9 Å². The second-order valence-corrected chi connectivity index (χ2v) is 6.50. The highest BCUT2D eigenvalue weighted by atomic mass is 16.5. The number of nitrogens with zero attached hydrogens (tertiary/aromatic N) is 1. The van der Waals surface area contributed by atoms with Crippen LogP contribution in [0.1, 0.15) is 72.1 Å².